The van der Waals surface area contributed by atoms with Crippen molar-refractivity contribution in [1.82, 2.24) is 0 Å². The molecule has 0 aliphatic rings. The predicted molar refractivity (Wildman–Crippen MR) is 377 cm³/mol. The highest BCUT2D eigenvalue weighted by molar-refractivity contribution is 7.47. The van der Waals surface area contributed by atoms with Crippen LogP contribution in [0.5, 0.6) is 0 Å². The Morgan fingerprint density at radius 3 is 0.874 bits per heavy atom. The number of rotatable bonds is 73. The molecule has 512 valence electrons. The van der Waals surface area contributed by atoms with E-state index in [2.05, 4.69) is 62.5 Å². The summed E-state index contributed by atoms with van der Waals surface area (Å²) in [4.78, 5) is 35.4. The van der Waals surface area contributed by atoms with Crippen molar-refractivity contribution in [3.8, 4) is 0 Å². The average Bonchev–Trinajstić information content (AvgIpc) is 3.64. The van der Waals surface area contributed by atoms with Crippen LogP contribution in [0, 0.1) is 0 Å². The smallest absolute Gasteiger partial charge is 0.462 e. The molecule has 0 bridgehead atoms. The molecule has 87 heavy (non-hydrogen) atoms. The summed E-state index contributed by atoms with van der Waals surface area (Å²) in [6.45, 7) is 3.80. The molecule has 0 saturated heterocycles. The molecule has 2 atom stereocenters. The van der Waals surface area contributed by atoms with E-state index in [0.29, 0.717) is 6.42 Å². The molecule has 0 rings (SSSR count). The Morgan fingerprint density at radius 2 is 0.598 bits per heavy atom. The number of allylic oxidation sites excluding steroid dienone is 8. The molecule has 0 radical (unpaired) electrons. The minimum Gasteiger partial charge on any atom is -0.462 e. The molecular weight excluding hydrogens is 1100 g/mol. The van der Waals surface area contributed by atoms with Crippen molar-refractivity contribution < 1.29 is 37.6 Å². The molecule has 10 heteroatoms. The first-order chi connectivity index (χ1) is 42.8. The maximum Gasteiger partial charge on any atom is 0.472 e. The van der Waals surface area contributed by atoms with Crippen LogP contribution >= 0.6 is 7.82 Å². The lowest BCUT2D eigenvalue weighted by Crippen LogP contribution is -2.29. The van der Waals surface area contributed by atoms with E-state index in [4.69, 9.17) is 24.3 Å². The highest BCUT2D eigenvalue weighted by Crippen LogP contribution is 2.43. The summed E-state index contributed by atoms with van der Waals surface area (Å²) in [6, 6.07) is 0. The van der Waals surface area contributed by atoms with E-state index >= 15 is 0 Å². The van der Waals surface area contributed by atoms with Gasteiger partial charge in [0.25, 0.3) is 0 Å². The molecule has 0 heterocycles. The first kappa shape index (κ1) is 85.0. The van der Waals surface area contributed by atoms with Gasteiger partial charge in [0.15, 0.2) is 6.10 Å². The number of hydrogen-bond donors (Lipinski definition) is 2. The minimum absolute atomic E-state index is 0.0557. The van der Waals surface area contributed by atoms with Gasteiger partial charge < -0.3 is 20.1 Å². The lowest BCUT2D eigenvalue weighted by atomic mass is 10.0. The van der Waals surface area contributed by atoms with Gasteiger partial charge in [0, 0.05) is 19.4 Å². The normalized spacial score (nSPS) is 13.1. The van der Waals surface area contributed by atoms with Gasteiger partial charge in [-0.3, -0.25) is 18.6 Å². The fourth-order valence-corrected chi connectivity index (χ4v) is 12.3. The molecule has 0 saturated carbocycles. The monoisotopic (exact) mass is 1240 g/mol. The first-order valence-electron chi connectivity index (χ1n) is 38.1. The quantitative estimate of drug-likeness (QED) is 0.0264. The Bertz CT molecular complexity index is 1570. The van der Waals surface area contributed by atoms with E-state index in [-0.39, 0.29) is 38.6 Å². The van der Waals surface area contributed by atoms with Gasteiger partial charge in [-0.25, -0.2) is 4.57 Å². The van der Waals surface area contributed by atoms with E-state index in [1.807, 2.05) is 0 Å². The van der Waals surface area contributed by atoms with Crippen molar-refractivity contribution in [2.45, 2.75) is 405 Å². The van der Waals surface area contributed by atoms with Gasteiger partial charge in [-0.2, -0.15) is 0 Å². The van der Waals surface area contributed by atoms with Crippen LogP contribution in [0.1, 0.15) is 399 Å². The SMILES string of the molecule is CCCCCCC/C=C\C/C=C\CCCCCCCCCCCCCCCCCCCCCCCCCC(=O)OC(COC(=O)CCCCCCCCCCCCCCCCCCCCC/C=C\C/C=C\CCCCCCC)COP(=O)(O)OCCN. The Balaban J connectivity index is 3.78. The molecule has 0 fully saturated rings. The van der Waals surface area contributed by atoms with Gasteiger partial charge in [0.05, 0.1) is 13.2 Å². The topological polar surface area (TPSA) is 134 Å². The molecule has 0 aromatic heterocycles. The lowest BCUT2D eigenvalue weighted by molar-refractivity contribution is -0.161. The first-order valence-corrected chi connectivity index (χ1v) is 39.6. The second-order valence-electron chi connectivity index (χ2n) is 25.9. The third kappa shape index (κ3) is 72.9. The zero-order valence-electron chi connectivity index (χ0n) is 57.8. The number of unbranched alkanes of at least 4 members (excludes halogenated alkanes) is 52. The molecule has 9 nitrogen and oxygen atoms in total. The summed E-state index contributed by atoms with van der Waals surface area (Å²) in [6.07, 6.45) is 93.8. The zero-order valence-corrected chi connectivity index (χ0v) is 58.7. The Kier molecular flexibility index (Phi) is 71.3. The van der Waals surface area contributed by atoms with Crippen LogP contribution < -0.4 is 5.73 Å². The second kappa shape index (κ2) is 73.0. The fraction of sp³-hybridized carbons (Fsp3) is 0.870. The van der Waals surface area contributed by atoms with Crippen molar-refractivity contribution in [2.24, 2.45) is 5.73 Å². The van der Waals surface area contributed by atoms with Crippen LogP contribution in [0.25, 0.3) is 0 Å². The second-order valence-corrected chi connectivity index (χ2v) is 27.3. The Hall–Kier alpha value is -2.03. The average molecular weight is 1240 g/mol. The van der Waals surface area contributed by atoms with Crippen molar-refractivity contribution in [1.29, 1.82) is 0 Å². The van der Waals surface area contributed by atoms with Gasteiger partial charge >= 0.3 is 19.8 Å². The summed E-state index contributed by atoms with van der Waals surface area (Å²) in [7, 11) is -4.39. The molecule has 3 N–H and O–H groups in total. The summed E-state index contributed by atoms with van der Waals surface area (Å²) >= 11 is 0. The highest BCUT2D eigenvalue weighted by Gasteiger charge is 2.26. The largest absolute Gasteiger partial charge is 0.472 e. The molecule has 0 aliphatic heterocycles. The van der Waals surface area contributed by atoms with Gasteiger partial charge in [0.1, 0.15) is 6.61 Å². The van der Waals surface area contributed by atoms with Crippen LogP contribution in [0.3, 0.4) is 0 Å². The van der Waals surface area contributed by atoms with Crippen molar-refractivity contribution in [3.05, 3.63) is 48.6 Å². The summed E-state index contributed by atoms with van der Waals surface area (Å²) in [5.41, 5.74) is 5.41. The summed E-state index contributed by atoms with van der Waals surface area (Å²) < 4.78 is 33.3. The number of phosphoric acid groups is 1. The Labute approximate surface area is 540 Å². The number of nitrogens with two attached hydrogens (primary N) is 1. The fourth-order valence-electron chi connectivity index (χ4n) is 11.5. The van der Waals surface area contributed by atoms with E-state index in [0.717, 1.165) is 44.9 Å². The number of phosphoric ester groups is 1. The van der Waals surface area contributed by atoms with E-state index < -0.39 is 26.5 Å². The molecule has 0 amide bonds. The van der Waals surface area contributed by atoms with Crippen LogP contribution in [0.4, 0.5) is 0 Å². The summed E-state index contributed by atoms with van der Waals surface area (Å²) in [5, 5.41) is 0. The van der Waals surface area contributed by atoms with Crippen LogP contribution in [0.2, 0.25) is 0 Å². The molecular formula is C77H146NO8P. The van der Waals surface area contributed by atoms with Gasteiger partial charge in [-0.1, -0.05) is 358 Å². The van der Waals surface area contributed by atoms with Gasteiger partial charge in [-0.15, -0.1) is 0 Å². The third-order valence-electron chi connectivity index (χ3n) is 17.2. The van der Waals surface area contributed by atoms with Crippen molar-refractivity contribution in [2.75, 3.05) is 26.4 Å². The minimum atomic E-state index is -4.39. The van der Waals surface area contributed by atoms with E-state index in [1.54, 1.807) is 0 Å². The molecule has 0 aromatic rings. The molecule has 0 aromatic carbocycles. The lowest BCUT2D eigenvalue weighted by Gasteiger charge is -2.19. The Morgan fingerprint density at radius 1 is 0.345 bits per heavy atom. The van der Waals surface area contributed by atoms with Crippen LogP contribution in [-0.4, -0.2) is 49.3 Å². The van der Waals surface area contributed by atoms with Gasteiger partial charge in [0.2, 0.25) is 0 Å². The maximum atomic E-state index is 12.8. The standard InChI is InChI=1S/C77H146NO8P/c1-3-5-7-9-11-13-15-17-19-21-23-25-27-29-31-33-35-36-37-38-40-42-44-46-48-50-52-54-56-58-60-62-64-66-68-70-77(80)86-75(74-85-87(81,82)84-72-71-78)73-83-76(79)69-67-65-63-61-59-57-55-53-51-49-47-45-43-41-39-34-32-30-28-26-24-22-20-18-16-14-12-10-8-6-4-2/h15-18,21-24,75H,3-14,19-20,25-74,78H2,1-2H3,(H,81,82)/b17-15-,18-16-,23-21-,24-22-. The molecule has 2 unspecified atom stereocenters. The van der Waals surface area contributed by atoms with Crippen molar-refractivity contribution in [3.63, 3.8) is 0 Å². The predicted octanol–water partition coefficient (Wildman–Crippen LogP) is 25.2. The van der Waals surface area contributed by atoms with Crippen molar-refractivity contribution >= 4 is 19.8 Å². The number of esters is 2. The van der Waals surface area contributed by atoms with Gasteiger partial charge in [-0.05, 0) is 77.0 Å². The van der Waals surface area contributed by atoms with Crippen LogP contribution in [0.15, 0.2) is 48.6 Å². The maximum absolute atomic E-state index is 12.8. The highest BCUT2D eigenvalue weighted by atomic mass is 31.2. The number of hydrogen-bond acceptors (Lipinski definition) is 8. The number of carbonyl (C=O) groups is 2. The number of ether oxygens (including phenoxy) is 2. The van der Waals surface area contributed by atoms with E-state index in [1.165, 1.54) is 321 Å². The number of carbonyl (C=O) groups excluding carboxylic acids is 2. The third-order valence-corrected chi connectivity index (χ3v) is 18.2. The zero-order chi connectivity index (χ0) is 63.0. The van der Waals surface area contributed by atoms with Crippen LogP contribution in [-0.2, 0) is 32.7 Å². The van der Waals surface area contributed by atoms with E-state index in [9.17, 15) is 19.0 Å². The summed E-state index contributed by atoms with van der Waals surface area (Å²) in [5.74, 6) is -0.804. The molecule has 0 aliphatic carbocycles. The molecule has 0 spiro atoms.